The molecule has 2 heterocycles. The van der Waals surface area contributed by atoms with Gasteiger partial charge >= 0.3 is 6.03 Å². The molecule has 1 unspecified atom stereocenters. The third kappa shape index (κ3) is 4.84. The minimum atomic E-state index is -0.308. The molecular weight excluding hydrogens is 436 g/mol. The number of carbonyl (C=O) groups excluding carboxylic acids is 1. The van der Waals surface area contributed by atoms with Crippen LogP contribution in [0.5, 0.6) is 0 Å². The van der Waals surface area contributed by atoms with Crippen molar-refractivity contribution in [3.05, 3.63) is 119 Å². The van der Waals surface area contributed by atoms with Crippen molar-refractivity contribution in [3.8, 4) is 0 Å². The van der Waals surface area contributed by atoms with Crippen molar-refractivity contribution >= 4 is 11.7 Å². The van der Waals surface area contributed by atoms with Crippen molar-refractivity contribution in [2.75, 3.05) is 18.6 Å². The third-order valence-corrected chi connectivity index (χ3v) is 6.70. The number of urea groups is 1. The molecule has 1 aliphatic heterocycles. The number of amides is 2. The molecule has 6 heteroatoms. The van der Waals surface area contributed by atoms with Gasteiger partial charge in [0.25, 0.3) is 0 Å². The van der Waals surface area contributed by atoms with E-state index < -0.39 is 0 Å². The number of hydrogen-bond acceptors (Lipinski definition) is 3. The lowest BCUT2D eigenvalue weighted by Crippen LogP contribution is -2.51. The molecule has 1 atom stereocenters. The van der Waals surface area contributed by atoms with E-state index in [0.29, 0.717) is 25.9 Å². The van der Waals surface area contributed by atoms with Gasteiger partial charge in [-0.25, -0.2) is 9.78 Å². The van der Waals surface area contributed by atoms with Gasteiger partial charge in [0.1, 0.15) is 5.82 Å². The Balaban J connectivity index is 1.49. The normalized spacial score (nSPS) is 15.0. The van der Waals surface area contributed by atoms with Crippen molar-refractivity contribution < 1.29 is 9.90 Å². The lowest BCUT2D eigenvalue weighted by Gasteiger charge is -2.37. The molecule has 0 spiro atoms. The predicted octanol–water partition coefficient (Wildman–Crippen LogP) is 4.50. The highest BCUT2D eigenvalue weighted by Gasteiger charge is 2.35. The fourth-order valence-electron chi connectivity index (χ4n) is 4.78. The summed E-state index contributed by atoms with van der Waals surface area (Å²) >= 11 is 0. The lowest BCUT2D eigenvalue weighted by molar-refractivity contribution is 0.123. The fraction of sp³-hybridized carbons (Fsp3) is 0.241. The number of nitrogens with zero attached hydrogens (tertiary/aromatic N) is 4. The molecule has 0 aliphatic carbocycles. The molecule has 2 amide bonds. The van der Waals surface area contributed by atoms with E-state index in [1.165, 1.54) is 11.1 Å². The number of aromatic nitrogens is 2. The van der Waals surface area contributed by atoms with E-state index in [9.17, 15) is 9.90 Å². The van der Waals surface area contributed by atoms with Crippen molar-refractivity contribution in [2.24, 2.45) is 0 Å². The van der Waals surface area contributed by atoms with Crippen LogP contribution in [0, 0.1) is 0 Å². The second-order valence-corrected chi connectivity index (χ2v) is 9.00. The van der Waals surface area contributed by atoms with Gasteiger partial charge < -0.3 is 14.6 Å². The molecule has 178 valence electrons. The summed E-state index contributed by atoms with van der Waals surface area (Å²) in [7, 11) is 1.77. The van der Waals surface area contributed by atoms with Gasteiger partial charge in [-0.15, -0.1) is 0 Å². The summed E-state index contributed by atoms with van der Waals surface area (Å²) in [6.07, 6.45) is 1.27. The number of carbonyl (C=O) groups is 1. The first kappa shape index (κ1) is 22.9. The van der Waals surface area contributed by atoms with E-state index in [1.807, 2.05) is 66.7 Å². The Bertz CT molecular complexity index is 1270. The van der Waals surface area contributed by atoms with Gasteiger partial charge in [-0.05, 0) is 23.3 Å². The van der Waals surface area contributed by atoms with Gasteiger partial charge in [0.05, 0.1) is 24.9 Å². The zero-order valence-electron chi connectivity index (χ0n) is 19.9. The molecule has 0 fully saturated rings. The summed E-state index contributed by atoms with van der Waals surface area (Å²) in [5.74, 6) is 0.979. The third-order valence-electron chi connectivity index (χ3n) is 6.70. The quantitative estimate of drug-likeness (QED) is 0.455. The average molecular weight is 467 g/mol. The van der Waals surface area contributed by atoms with E-state index in [0.717, 1.165) is 22.9 Å². The standard InChI is InChI=1S/C29H30N4O2/c1-31(24-15-9-4-10-16-24)29(35)32-20-26-27(18-25(32)21-34)33(19-23-13-7-3-8-14-23)28(30-26)17-22-11-5-2-6-12-22/h2-16,25,34H,17-21H2,1H3. The Morgan fingerprint density at radius 2 is 1.54 bits per heavy atom. The average Bonchev–Trinajstić information content (AvgIpc) is 3.24. The fourth-order valence-corrected chi connectivity index (χ4v) is 4.78. The monoisotopic (exact) mass is 466 g/mol. The molecular formula is C29H30N4O2. The first-order valence-electron chi connectivity index (χ1n) is 12.0. The van der Waals surface area contributed by atoms with E-state index in [1.54, 1.807) is 16.8 Å². The summed E-state index contributed by atoms with van der Waals surface area (Å²) < 4.78 is 2.28. The molecule has 1 aromatic heterocycles. The Labute approximate surface area is 206 Å². The van der Waals surface area contributed by atoms with Crippen LogP contribution in [-0.4, -0.2) is 45.3 Å². The van der Waals surface area contributed by atoms with Gasteiger partial charge in [-0.1, -0.05) is 78.9 Å². The summed E-state index contributed by atoms with van der Waals surface area (Å²) in [5.41, 5.74) is 5.22. The molecule has 0 bridgehead atoms. The van der Waals surface area contributed by atoms with Crippen LogP contribution in [-0.2, 0) is 25.9 Å². The number of fused-ring (bicyclic) bond motifs is 1. The Morgan fingerprint density at radius 1 is 0.943 bits per heavy atom. The second kappa shape index (κ2) is 10.2. The minimum absolute atomic E-state index is 0.0989. The Kier molecular flexibility index (Phi) is 6.64. The van der Waals surface area contributed by atoms with Gasteiger partial charge in [0, 0.05) is 37.8 Å². The first-order valence-corrected chi connectivity index (χ1v) is 12.0. The minimum Gasteiger partial charge on any atom is -0.394 e. The number of para-hydroxylation sites is 1. The van der Waals surface area contributed by atoms with Gasteiger partial charge in [-0.2, -0.15) is 0 Å². The molecule has 35 heavy (non-hydrogen) atoms. The van der Waals surface area contributed by atoms with Crippen molar-refractivity contribution in [3.63, 3.8) is 0 Å². The number of anilines is 1. The highest BCUT2D eigenvalue weighted by molar-refractivity contribution is 5.91. The van der Waals surface area contributed by atoms with Crippen LogP contribution in [0.15, 0.2) is 91.0 Å². The van der Waals surface area contributed by atoms with Crippen molar-refractivity contribution in [1.29, 1.82) is 0 Å². The molecule has 1 aliphatic rings. The number of aliphatic hydroxyl groups excluding tert-OH is 1. The largest absolute Gasteiger partial charge is 0.394 e. The van der Waals surface area contributed by atoms with Gasteiger partial charge in [0.2, 0.25) is 0 Å². The number of rotatable bonds is 6. The summed E-state index contributed by atoms with van der Waals surface area (Å²) in [5, 5.41) is 10.3. The van der Waals surface area contributed by atoms with Crippen LogP contribution >= 0.6 is 0 Å². The van der Waals surface area contributed by atoms with E-state index in [-0.39, 0.29) is 18.7 Å². The van der Waals surface area contributed by atoms with Crippen molar-refractivity contribution in [1.82, 2.24) is 14.5 Å². The topological polar surface area (TPSA) is 61.6 Å². The Hall–Kier alpha value is -3.90. The first-order chi connectivity index (χ1) is 17.1. The van der Waals surface area contributed by atoms with Crippen molar-refractivity contribution in [2.45, 2.75) is 32.0 Å². The lowest BCUT2D eigenvalue weighted by atomic mass is 10.0. The van der Waals surface area contributed by atoms with Gasteiger partial charge in [-0.3, -0.25) is 4.90 Å². The Morgan fingerprint density at radius 3 is 2.17 bits per heavy atom. The van der Waals surface area contributed by atoms with E-state index in [4.69, 9.17) is 4.98 Å². The molecule has 3 aromatic carbocycles. The maximum absolute atomic E-state index is 13.5. The van der Waals surface area contributed by atoms with Crippen LogP contribution in [0.4, 0.5) is 10.5 Å². The van der Waals surface area contributed by atoms with Crippen LogP contribution in [0.2, 0.25) is 0 Å². The summed E-state index contributed by atoms with van der Waals surface area (Å²) in [6, 6.07) is 29.8. The number of aliphatic hydroxyl groups is 1. The van der Waals surface area contributed by atoms with E-state index in [2.05, 4.69) is 28.8 Å². The number of hydrogen-bond donors (Lipinski definition) is 1. The molecule has 0 saturated heterocycles. The predicted molar refractivity (Wildman–Crippen MR) is 137 cm³/mol. The molecule has 4 aromatic rings. The molecule has 0 saturated carbocycles. The zero-order valence-corrected chi connectivity index (χ0v) is 19.9. The van der Waals surface area contributed by atoms with Crippen LogP contribution < -0.4 is 4.90 Å². The molecule has 1 N–H and O–H groups in total. The van der Waals surface area contributed by atoms with Gasteiger partial charge in [0.15, 0.2) is 0 Å². The van der Waals surface area contributed by atoms with Crippen LogP contribution in [0.1, 0.15) is 28.3 Å². The van der Waals surface area contributed by atoms with E-state index >= 15 is 0 Å². The smallest absolute Gasteiger partial charge is 0.324 e. The maximum atomic E-state index is 13.5. The molecule has 0 radical (unpaired) electrons. The molecule has 5 rings (SSSR count). The second-order valence-electron chi connectivity index (χ2n) is 9.00. The van der Waals surface area contributed by atoms with Crippen LogP contribution in [0.3, 0.4) is 0 Å². The van der Waals surface area contributed by atoms with Crippen LogP contribution in [0.25, 0.3) is 0 Å². The highest BCUT2D eigenvalue weighted by atomic mass is 16.3. The zero-order chi connectivity index (χ0) is 24.2. The number of imidazole rings is 1. The maximum Gasteiger partial charge on any atom is 0.324 e. The molecule has 6 nitrogen and oxygen atoms in total. The summed E-state index contributed by atoms with van der Waals surface area (Å²) in [6.45, 7) is 0.986. The summed E-state index contributed by atoms with van der Waals surface area (Å²) in [4.78, 5) is 21.9. The highest BCUT2D eigenvalue weighted by Crippen LogP contribution is 2.28. The number of benzene rings is 3. The SMILES string of the molecule is CN(C(=O)N1Cc2nc(Cc3ccccc3)n(Cc3ccccc3)c2CC1CO)c1ccccc1.